The molecule has 3 N–H and O–H groups in total. The molecule has 0 aliphatic rings. The summed E-state index contributed by atoms with van der Waals surface area (Å²) < 4.78 is 32.8. The number of nitrogens with two attached hydrogens (primary N) is 1. The summed E-state index contributed by atoms with van der Waals surface area (Å²) in [7, 11) is -4.38. The maximum Gasteiger partial charge on any atom is 0.472 e. The Hall–Kier alpha value is -2.03. The van der Waals surface area contributed by atoms with Crippen LogP contribution in [0.1, 0.15) is 206 Å². The molecule has 0 aromatic carbocycles. The molecule has 332 valence electrons. The van der Waals surface area contributed by atoms with E-state index in [1.54, 1.807) is 0 Å². The molecule has 9 nitrogen and oxygen atoms in total. The van der Waals surface area contributed by atoms with Gasteiger partial charge in [0, 0.05) is 19.4 Å². The van der Waals surface area contributed by atoms with Crippen molar-refractivity contribution >= 4 is 19.8 Å². The summed E-state index contributed by atoms with van der Waals surface area (Å²) in [6, 6.07) is 0. The second-order valence-corrected chi connectivity index (χ2v) is 16.7. The third kappa shape index (κ3) is 43.4. The molecular weight excluding hydrogens is 737 g/mol. The topological polar surface area (TPSA) is 134 Å². The van der Waals surface area contributed by atoms with Gasteiger partial charge >= 0.3 is 19.8 Å². The summed E-state index contributed by atoms with van der Waals surface area (Å²) in [5.41, 5.74) is 5.35. The van der Waals surface area contributed by atoms with E-state index in [1.165, 1.54) is 109 Å². The Kier molecular flexibility index (Phi) is 42.0. The number of phosphoric acid groups is 1. The molecule has 0 bridgehead atoms. The summed E-state index contributed by atoms with van der Waals surface area (Å²) in [6.45, 7) is 3.68. The van der Waals surface area contributed by atoms with Crippen LogP contribution in [0.15, 0.2) is 48.6 Å². The van der Waals surface area contributed by atoms with Gasteiger partial charge in [0.2, 0.25) is 0 Å². The van der Waals surface area contributed by atoms with Crippen molar-refractivity contribution in [3.63, 3.8) is 0 Å². The second kappa shape index (κ2) is 43.5. The molecule has 2 atom stereocenters. The van der Waals surface area contributed by atoms with Crippen molar-refractivity contribution in [2.45, 2.75) is 213 Å². The molecule has 0 amide bonds. The highest BCUT2D eigenvalue weighted by Crippen LogP contribution is 2.43. The molecule has 0 radical (unpaired) electrons. The Morgan fingerprint density at radius 1 is 0.526 bits per heavy atom. The number of esters is 2. The van der Waals surface area contributed by atoms with Crippen molar-refractivity contribution in [3.8, 4) is 0 Å². The molecular formula is C47H86NO8P. The number of ether oxygens (including phenoxy) is 2. The Labute approximate surface area is 349 Å². The third-order valence-corrected chi connectivity index (χ3v) is 10.7. The van der Waals surface area contributed by atoms with Crippen LogP contribution in [-0.2, 0) is 32.7 Å². The number of allylic oxidation sites excluding steroid dienone is 8. The minimum absolute atomic E-state index is 0.0502. The van der Waals surface area contributed by atoms with Crippen LogP contribution >= 0.6 is 7.82 Å². The zero-order chi connectivity index (χ0) is 41.8. The molecule has 0 saturated heterocycles. The van der Waals surface area contributed by atoms with E-state index in [4.69, 9.17) is 24.3 Å². The van der Waals surface area contributed by atoms with Gasteiger partial charge in [-0.1, -0.05) is 165 Å². The molecule has 0 aliphatic carbocycles. The molecule has 57 heavy (non-hydrogen) atoms. The first-order chi connectivity index (χ1) is 27.8. The first kappa shape index (κ1) is 55.0. The minimum atomic E-state index is -4.38. The highest BCUT2D eigenvalue weighted by atomic mass is 31.2. The summed E-state index contributed by atoms with van der Waals surface area (Å²) in [5, 5.41) is 0. The zero-order valence-corrected chi connectivity index (χ0v) is 37.5. The van der Waals surface area contributed by atoms with Crippen LogP contribution in [0.4, 0.5) is 0 Å². The van der Waals surface area contributed by atoms with Crippen molar-refractivity contribution < 1.29 is 37.6 Å². The van der Waals surface area contributed by atoms with Crippen LogP contribution in [0.5, 0.6) is 0 Å². The summed E-state index contributed by atoms with van der Waals surface area (Å²) in [4.78, 5) is 34.9. The molecule has 0 fully saturated rings. The number of hydrogen-bond donors (Lipinski definition) is 2. The number of phosphoric ester groups is 1. The van der Waals surface area contributed by atoms with E-state index in [0.29, 0.717) is 6.42 Å². The van der Waals surface area contributed by atoms with Gasteiger partial charge in [-0.05, 0) is 77.0 Å². The Morgan fingerprint density at radius 3 is 1.33 bits per heavy atom. The van der Waals surface area contributed by atoms with Gasteiger partial charge in [-0.15, -0.1) is 0 Å². The lowest BCUT2D eigenvalue weighted by atomic mass is 10.1. The minimum Gasteiger partial charge on any atom is -0.462 e. The van der Waals surface area contributed by atoms with Crippen LogP contribution in [0, 0.1) is 0 Å². The first-order valence-electron chi connectivity index (χ1n) is 23.1. The number of rotatable bonds is 43. The standard InChI is InChI=1S/C47H86NO8P/c1-3-5-7-9-11-13-15-17-19-21-22-24-25-27-29-31-33-35-37-39-46(49)53-43-45(44-55-57(51,52)54-42-41-48)56-47(50)40-38-36-34-32-30-28-26-23-20-18-16-14-12-10-8-6-4-2/h11-14,17-20,45H,3-10,15-16,21-44,48H2,1-2H3,(H,51,52)/t45-/m1/s1. The zero-order valence-electron chi connectivity index (χ0n) is 36.6. The lowest BCUT2D eigenvalue weighted by molar-refractivity contribution is -0.161. The number of carbonyl (C=O) groups is 2. The fraction of sp³-hybridized carbons (Fsp3) is 0.787. The van der Waals surface area contributed by atoms with Gasteiger partial charge in [-0.25, -0.2) is 4.57 Å². The largest absolute Gasteiger partial charge is 0.472 e. The fourth-order valence-electron chi connectivity index (χ4n) is 6.22. The van der Waals surface area contributed by atoms with Gasteiger partial charge in [0.05, 0.1) is 13.2 Å². The molecule has 0 aliphatic heterocycles. The van der Waals surface area contributed by atoms with E-state index in [9.17, 15) is 19.0 Å². The van der Waals surface area contributed by atoms with Gasteiger partial charge in [0.1, 0.15) is 6.61 Å². The Bertz CT molecular complexity index is 1080. The Balaban J connectivity index is 4.13. The average Bonchev–Trinajstić information content (AvgIpc) is 3.20. The summed E-state index contributed by atoms with van der Waals surface area (Å²) in [6.07, 6.45) is 49.9. The maximum absolute atomic E-state index is 12.6. The van der Waals surface area contributed by atoms with Crippen molar-refractivity contribution in [2.75, 3.05) is 26.4 Å². The summed E-state index contributed by atoms with van der Waals surface area (Å²) >= 11 is 0. The van der Waals surface area contributed by atoms with Crippen molar-refractivity contribution in [1.29, 1.82) is 0 Å². The molecule has 0 saturated carbocycles. The van der Waals surface area contributed by atoms with Crippen molar-refractivity contribution in [2.24, 2.45) is 5.73 Å². The smallest absolute Gasteiger partial charge is 0.462 e. The first-order valence-corrected chi connectivity index (χ1v) is 24.6. The van der Waals surface area contributed by atoms with E-state index in [1.807, 2.05) is 0 Å². The molecule has 1 unspecified atom stereocenters. The van der Waals surface area contributed by atoms with Crippen LogP contribution in [0.2, 0.25) is 0 Å². The van der Waals surface area contributed by atoms with Crippen molar-refractivity contribution in [3.05, 3.63) is 48.6 Å². The van der Waals surface area contributed by atoms with Crippen LogP contribution < -0.4 is 5.73 Å². The third-order valence-electron chi connectivity index (χ3n) is 9.69. The maximum atomic E-state index is 12.6. The van der Waals surface area contributed by atoms with Gasteiger partial charge in [-0.2, -0.15) is 0 Å². The van der Waals surface area contributed by atoms with Gasteiger partial charge in [0.25, 0.3) is 0 Å². The van der Waals surface area contributed by atoms with Gasteiger partial charge in [-0.3, -0.25) is 18.6 Å². The predicted octanol–water partition coefficient (Wildman–Crippen LogP) is 13.5. The monoisotopic (exact) mass is 824 g/mol. The molecule has 0 aromatic heterocycles. The van der Waals surface area contributed by atoms with Crippen molar-refractivity contribution in [1.82, 2.24) is 0 Å². The highest BCUT2D eigenvalue weighted by Gasteiger charge is 2.26. The van der Waals surface area contributed by atoms with E-state index < -0.39 is 26.5 Å². The van der Waals surface area contributed by atoms with E-state index in [-0.39, 0.29) is 38.6 Å². The van der Waals surface area contributed by atoms with Crippen LogP contribution in [0.3, 0.4) is 0 Å². The van der Waals surface area contributed by atoms with E-state index in [2.05, 4.69) is 62.5 Å². The Morgan fingerprint density at radius 2 is 0.912 bits per heavy atom. The van der Waals surface area contributed by atoms with Crippen LogP contribution in [0.25, 0.3) is 0 Å². The molecule has 0 spiro atoms. The summed E-state index contributed by atoms with van der Waals surface area (Å²) in [5.74, 6) is -0.841. The lowest BCUT2D eigenvalue weighted by Crippen LogP contribution is -2.29. The number of unbranched alkanes of at least 4 members (excludes halogenated alkanes) is 22. The SMILES string of the molecule is CCCCCC=CCC=CCCCCCCCCCCCC(=O)OC[C@H](COP(=O)(O)OCCN)OC(=O)CCCCCCCCCC=CCC=CCCCCC. The fourth-order valence-corrected chi connectivity index (χ4v) is 6.99. The molecule has 0 heterocycles. The molecule has 0 rings (SSSR count). The molecule has 0 aromatic rings. The predicted molar refractivity (Wildman–Crippen MR) is 238 cm³/mol. The number of hydrogen-bond acceptors (Lipinski definition) is 8. The molecule has 10 heteroatoms. The normalized spacial score (nSPS) is 13.7. The van der Waals surface area contributed by atoms with Gasteiger partial charge < -0.3 is 20.1 Å². The highest BCUT2D eigenvalue weighted by molar-refractivity contribution is 7.47. The quantitative estimate of drug-likeness (QED) is 0.0267. The second-order valence-electron chi connectivity index (χ2n) is 15.3. The van der Waals surface area contributed by atoms with Crippen LogP contribution in [-0.4, -0.2) is 49.3 Å². The number of carbonyl (C=O) groups excluding carboxylic acids is 2. The lowest BCUT2D eigenvalue weighted by Gasteiger charge is -2.19. The average molecular weight is 824 g/mol. The van der Waals surface area contributed by atoms with Gasteiger partial charge in [0.15, 0.2) is 6.10 Å². The van der Waals surface area contributed by atoms with E-state index >= 15 is 0 Å². The van der Waals surface area contributed by atoms with E-state index in [0.717, 1.165) is 64.2 Å².